The Balaban J connectivity index is 1.81. The SMILES string of the molecule is CC(C)c1cc(C(C)C)c(S(=O)(=O)N2CCCCC2C(=O)OCCCCc2ccccc2)c(C(C)C)c1. The van der Waals surface area contributed by atoms with Crippen LogP contribution in [0.4, 0.5) is 0 Å². The molecule has 1 saturated heterocycles. The minimum Gasteiger partial charge on any atom is -0.464 e. The van der Waals surface area contributed by atoms with Crippen LogP contribution in [0.25, 0.3) is 0 Å². The van der Waals surface area contributed by atoms with Crippen molar-refractivity contribution in [2.75, 3.05) is 13.2 Å². The number of nitrogens with zero attached hydrogens (tertiary/aromatic N) is 1. The minimum atomic E-state index is -3.89. The van der Waals surface area contributed by atoms with Crippen molar-refractivity contribution in [3.63, 3.8) is 0 Å². The number of sulfonamides is 1. The van der Waals surface area contributed by atoms with Crippen LogP contribution in [-0.2, 0) is 26.0 Å². The molecule has 37 heavy (non-hydrogen) atoms. The Bertz CT molecular complexity index is 1110. The van der Waals surface area contributed by atoms with Gasteiger partial charge in [0.25, 0.3) is 0 Å². The lowest BCUT2D eigenvalue weighted by atomic mass is 9.89. The van der Waals surface area contributed by atoms with Crippen molar-refractivity contribution in [1.29, 1.82) is 0 Å². The Morgan fingerprint density at radius 2 is 1.54 bits per heavy atom. The zero-order valence-electron chi connectivity index (χ0n) is 23.5. The van der Waals surface area contributed by atoms with Gasteiger partial charge in [-0.25, -0.2) is 8.42 Å². The maximum absolute atomic E-state index is 14.3. The van der Waals surface area contributed by atoms with Crippen molar-refractivity contribution in [3.8, 4) is 0 Å². The van der Waals surface area contributed by atoms with Crippen molar-refractivity contribution in [1.82, 2.24) is 4.31 Å². The summed E-state index contributed by atoms with van der Waals surface area (Å²) in [5.74, 6) is -0.0353. The Morgan fingerprint density at radius 1 is 0.919 bits per heavy atom. The van der Waals surface area contributed by atoms with Gasteiger partial charge < -0.3 is 4.74 Å². The van der Waals surface area contributed by atoms with E-state index >= 15 is 0 Å². The lowest BCUT2D eigenvalue weighted by Gasteiger charge is -2.35. The fraction of sp³-hybridized carbons (Fsp3) is 0.581. The molecule has 1 aliphatic heterocycles. The third-order valence-electron chi connectivity index (χ3n) is 7.32. The number of unbranched alkanes of at least 4 members (excludes halogenated alkanes) is 1. The van der Waals surface area contributed by atoms with E-state index in [-0.39, 0.29) is 11.8 Å². The number of esters is 1. The molecule has 0 saturated carbocycles. The number of hydrogen-bond acceptors (Lipinski definition) is 4. The number of aryl methyl sites for hydroxylation is 1. The highest BCUT2D eigenvalue weighted by Crippen LogP contribution is 2.38. The normalized spacial score (nSPS) is 17.1. The van der Waals surface area contributed by atoms with Crippen LogP contribution < -0.4 is 0 Å². The molecule has 1 aliphatic rings. The van der Waals surface area contributed by atoms with E-state index in [1.165, 1.54) is 9.87 Å². The van der Waals surface area contributed by atoms with Crippen LogP contribution in [0.15, 0.2) is 47.4 Å². The number of rotatable bonds is 11. The monoisotopic (exact) mass is 527 g/mol. The van der Waals surface area contributed by atoms with Crippen molar-refractivity contribution >= 4 is 16.0 Å². The van der Waals surface area contributed by atoms with Gasteiger partial charge in [-0.3, -0.25) is 4.79 Å². The smallest absolute Gasteiger partial charge is 0.324 e. The van der Waals surface area contributed by atoms with Crippen molar-refractivity contribution in [2.45, 2.75) is 109 Å². The van der Waals surface area contributed by atoms with Crippen LogP contribution in [0.1, 0.15) is 114 Å². The second kappa shape index (κ2) is 13.1. The van der Waals surface area contributed by atoms with Crippen LogP contribution in [0.3, 0.4) is 0 Å². The summed E-state index contributed by atoms with van der Waals surface area (Å²) in [7, 11) is -3.89. The minimum absolute atomic E-state index is 0.0424. The van der Waals surface area contributed by atoms with Crippen molar-refractivity contribution < 1.29 is 17.9 Å². The molecule has 204 valence electrons. The first-order valence-corrected chi connectivity index (χ1v) is 15.4. The zero-order chi connectivity index (χ0) is 27.2. The molecule has 3 rings (SSSR count). The van der Waals surface area contributed by atoms with E-state index < -0.39 is 22.0 Å². The van der Waals surface area contributed by atoms with Crippen LogP contribution in [0.2, 0.25) is 0 Å². The molecule has 0 amide bonds. The Kier molecular flexibility index (Phi) is 10.4. The number of piperidine rings is 1. The molecular formula is C31H45NO4S. The average Bonchev–Trinajstić information content (AvgIpc) is 2.88. The molecule has 1 fully saturated rings. The number of ether oxygens (including phenoxy) is 1. The molecule has 0 aliphatic carbocycles. The maximum atomic E-state index is 14.3. The number of benzene rings is 2. The first-order chi connectivity index (χ1) is 17.5. The van der Waals surface area contributed by atoms with Crippen LogP contribution in [0, 0.1) is 0 Å². The highest BCUT2D eigenvalue weighted by Gasteiger charge is 2.41. The summed E-state index contributed by atoms with van der Waals surface area (Å²) in [6.07, 6.45) is 4.68. The van der Waals surface area contributed by atoms with Gasteiger partial charge in [-0.1, -0.05) is 84.0 Å². The van der Waals surface area contributed by atoms with E-state index in [2.05, 4.69) is 38.1 Å². The second-order valence-electron chi connectivity index (χ2n) is 11.2. The molecule has 1 atom stereocenters. The zero-order valence-corrected chi connectivity index (χ0v) is 24.3. The molecule has 6 heteroatoms. The van der Waals surface area contributed by atoms with Crippen LogP contribution in [0.5, 0.6) is 0 Å². The third kappa shape index (κ3) is 7.23. The largest absolute Gasteiger partial charge is 0.464 e. The van der Waals surface area contributed by atoms with E-state index in [4.69, 9.17) is 4.74 Å². The number of hydrogen-bond donors (Lipinski definition) is 0. The molecule has 0 spiro atoms. The topological polar surface area (TPSA) is 63.7 Å². The Hall–Kier alpha value is -2.18. The van der Waals surface area contributed by atoms with Gasteiger partial charge in [-0.15, -0.1) is 0 Å². The van der Waals surface area contributed by atoms with Gasteiger partial charge >= 0.3 is 5.97 Å². The first kappa shape index (κ1) is 29.4. The second-order valence-corrected chi connectivity index (χ2v) is 13.1. The van der Waals surface area contributed by atoms with Gasteiger partial charge in [0.2, 0.25) is 10.0 Å². The molecule has 0 radical (unpaired) electrons. The van der Waals surface area contributed by atoms with Gasteiger partial charge in [-0.2, -0.15) is 4.31 Å². The van der Waals surface area contributed by atoms with Crippen molar-refractivity contribution in [2.24, 2.45) is 0 Å². The lowest BCUT2D eigenvalue weighted by Crippen LogP contribution is -2.49. The molecular weight excluding hydrogens is 482 g/mol. The highest BCUT2D eigenvalue weighted by atomic mass is 32.2. The van der Waals surface area contributed by atoms with E-state index in [9.17, 15) is 13.2 Å². The summed E-state index contributed by atoms with van der Waals surface area (Å²) in [5.41, 5.74) is 4.10. The summed E-state index contributed by atoms with van der Waals surface area (Å²) < 4.78 is 35.6. The van der Waals surface area contributed by atoms with Gasteiger partial charge in [0.05, 0.1) is 11.5 Å². The van der Waals surface area contributed by atoms with E-state index in [1.54, 1.807) is 0 Å². The number of carbonyl (C=O) groups excluding carboxylic acids is 1. The van der Waals surface area contributed by atoms with Crippen LogP contribution in [-0.4, -0.2) is 37.9 Å². The Morgan fingerprint density at radius 3 is 2.11 bits per heavy atom. The van der Waals surface area contributed by atoms with E-state index in [0.29, 0.717) is 30.4 Å². The molecule has 0 N–H and O–H groups in total. The number of carbonyl (C=O) groups is 1. The fourth-order valence-electron chi connectivity index (χ4n) is 5.08. The molecule has 0 bridgehead atoms. The third-order valence-corrected chi connectivity index (χ3v) is 9.36. The lowest BCUT2D eigenvalue weighted by molar-refractivity contribution is -0.149. The predicted molar refractivity (Wildman–Crippen MR) is 151 cm³/mol. The predicted octanol–water partition coefficient (Wildman–Crippen LogP) is 7.17. The van der Waals surface area contributed by atoms with Gasteiger partial charge in [0.1, 0.15) is 6.04 Å². The molecule has 1 heterocycles. The highest BCUT2D eigenvalue weighted by molar-refractivity contribution is 7.89. The van der Waals surface area contributed by atoms with Gasteiger partial charge in [-0.05, 0) is 78.5 Å². The Labute approximate surface area is 224 Å². The summed E-state index contributed by atoms with van der Waals surface area (Å²) in [6.45, 7) is 13.1. The van der Waals surface area contributed by atoms with Gasteiger partial charge in [0, 0.05) is 6.54 Å². The summed E-state index contributed by atoms with van der Waals surface area (Å²) in [5, 5.41) is 0. The van der Waals surface area contributed by atoms with Gasteiger partial charge in [0.15, 0.2) is 0 Å². The molecule has 1 unspecified atom stereocenters. The molecule has 5 nitrogen and oxygen atoms in total. The quantitative estimate of drug-likeness (QED) is 0.230. The summed E-state index contributed by atoms with van der Waals surface area (Å²) >= 11 is 0. The van der Waals surface area contributed by atoms with Crippen LogP contribution >= 0.6 is 0 Å². The molecule has 2 aromatic rings. The fourth-order valence-corrected chi connectivity index (χ4v) is 7.39. The average molecular weight is 528 g/mol. The molecule has 0 aromatic heterocycles. The van der Waals surface area contributed by atoms with E-state index in [0.717, 1.165) is 48.8 Å². The standard InChI is InChI=1S/C31H45NO4S/c1-22(2)26-20-27(23(3)4)30(28(21-26)24(5)6)37(34,35)32-18-12-10-17-29(32)31(33)36-19-13-11-16-25-14-8-7-9-15-25/h7-9,14-15,20-24,29H,10-13,16-19H2,1-6H3. The van der Waals surface area contributed by atoms with Crippen molar-refractivity contribution in [3.05, 3.63) is 64.7 Å². The summed E-state index contributed by atoms with van der Waals surface area (Å²) in [4.78, 5) is 13.6. The van der Waals surface area contributed by atoms with E-state index in [1.807, 2.05) is 45.9 Å². The summed E-state index contributed by atoms with van der Waals surface area (Å²) in [6, 6.07) is 13.6. The first-order valence-electron chi connectivity index (χ1n) is 13.9. The molecule has 2 aromatic carbocycles. The maximum Gasteiger partial charge on any atom is 0.324 e.